The molecule has 0 atom stereocenters. The van der Waals surface area contributed by atoms with Gasteiger partial charge in [0, 0.05) is 6.07 Å². The number of amides is 1. The molecule has 0 unspecified atom stereocenters. The zero-order valence-electron chi connectivity index (χ0n) is 19.1. The van der Waals surface area contributed by atoms with Gasteiger partial charge in [-0.05, 0) is 42.5 Å². The lowest BCUT2D eigenvalue weighted by Gasteiger charge is -2.26. The van der Waals surface area contributed by atoms with Crippen molar-refractivity contribution in [3.05, 3.63) is 77.3 Å². The van der Waals surface area contributed by atoms with Gasteiger partial charge in [0.25, 0.3) is 10.0 Å². The van der Waals surface area contributed by atoms with Crippen LogP contribution >= 0.6 is 11.6 Å². The number of rotatable bonds is 9. The van der Waals surface area contributed by atoms with Crippen LogP contribution in [0.2, 0.25) is 5.02 Å². The van der Waals surface area contributed by atoms with E-state index in [1.807, 2.05) is 0 Å². The molecule has 3 aromatic rings. The number of esters is 1. The Morgan fingerprint density at radius 3 is 2.29 bits per heavy atom. The number of carbonyl (C=O) groups excluding carboxylic acids is 2. The largest absolute Gasteiger partial charge is 0.497 e. The molecule has 0 fully saturated rings. The second-order valence-electron chi connectivity index (χ2n) is 7.10. The SMILES string of the molecule is COC(=O)c1ccc(Cl)c(NC(=O)CN(c2cc(OC)ccc2OC)S(=O)(=O)c2ccccc2)c1. The average Bonchev–Trinajstić information content (AvgIpc) is 2.88. The summed E-state index contributed by atoms with van der Waals surface area (Å²) < 4.78 is 43.4. The molecule has 0 aromatic heterocycles. The van der Waals surface area contributed by atoms with E-state index in [1.165, 1.54) is 63.8 Å². The molecule has 35 heavy (non-hydrogen) atoms. The Labute approximate surface area is 208 Å². The van der Waals surface area contributed by atoms with Gasteiger partial charge in [-0.25, -0.2) is 13.2 Å². The van der Waals surface area contributed by atoms with Crippen LogP contribution in [-0.2, 0) is 19.6 Å². The lowest BCUT2D eigenvalue weighted by molar-refractivity contribution is -0.114. The van der Waals surface area contributed by atoms with Gasteiger partial charge in [-0.1, -0.05) is 29.8 Å². The van der Waals surface area contributed by atoms with E-state index in [0.717, 1.165) is 4.31 Å². The zero-order valence-corrected chi connectivity index (χ0v) is 20.7. The Hall–Kier alpha value is -3.76. The molecule has 0 aliphatic heterocycles. The maximum Gasteiger partial charge on any atom is 0.337 e. The van der Waals surface area contributed by atoms with Gasteiger partial charge in [0.05, 0.1) is 48.2 Å². The van der Waals surface area contributed by atoms with Crippen LogP contribution in [0.5, 0.6) is 11.5 Å². The minimum Gasteiger partial charge on any atom is -0.497 e. The molecule has 0 saturated carbocycles. The predicted molar refractivity (Wildman–Crippen MR) is 132 cm³/mol. The number of hydrogen-bond donors (Lipinski definition) is 1. The summed E-state index contributed by atoms with van der Waals surface area (Å²) in [6.45, 7) is -0.625. The standard InChI is InChI=1S/C24H23ClN2O7S/c1-32-17-10-12-22(33-2)21(14-17)27(35(30,31)18-7-5-4-6-8-18)15-23(28)26-20-13-16(24(29)34-3)9-11-19(20)25/h4-14H,15H2,1-3H3,(H,26,28). The van der Waals surface area contributed by atoms with Crippen molar-refractivity contribution in [1.82, 2.24) is 0 Å². The molecule has 184 valence electrons. The molecule has 3 rings (SSSR count). The third-order valence-corrected chi connectivity index (χ3v) is 7.04. The Morgan fingerprint density at radius 1 is 0.943 bits per heavy atom. The van der Waals surface area contributed by atoms with Crippen LogP contribution in [0.4, 0.5) is 11.4 Å². The van der Waals surface area contributed by atoms with Gasteiger partial charge in [-0.2, -0.15) is 0 Å². The highest BCUT2D eigenvalue weighted by molar-refractivity contribution is 7.92. The number of halogens is 1. The molecule has 3 aromatic carbocycles. The summed E-state index contributed by atoms with van der Waals surface area (Å²) >= 11 is 6.18. The van der Waals surface area contributed by atoms with Gasteiger partial charge in [0.1, 0.15) is 18.0 Å². The average molecular weight is 519 g/mol. The summed E-state index contributed by atoms with van der Waals surface area (Å²) in [7, 11) is -0.159. The fourth-order valence-corrected chi connectivity index (χ4v) is 4.81. The number of nitrogens with one attached hydrogen (secondary N) is 1. The first kappa shape index (κ1) is 25.9. The van der Waals surface area contributed by atoms with Crippen molar-refractivity contribution in [2.75, 3.05) is 37.5 Å². The van der Waals surface area contributed by atoms with E-state index in [4.69, 9.17) is 25.8 Å². The highest BCUT2D eigenvalue weighted by atomic mass is 35.5. The summed E-state index contributed by atoms with van der Waals surface area (Å²) in [5.74, 6) is -0.753. The summed E-state index contributed by atoms with van der Waals surface area (Å²) in [5, 5.41) is 2.72. The molecule has 1 N–H and O–H groups in total. The monoisotopic (exact) mass is 518 g/mol. The van der Waals surface area contributed by atoms with Crippen molar-refractivity contribution >= 4 is 44.9 Å². The Balaban J connectivity index is 2.03. The maximum absolute atomic E-state index is 13.6. The first-order chi connectivity index (χ1) is 16.7. The van der Waals surface area contributed by atoms with E-state index in [9.17, 15) is 18.0 Å². The van der Waals surface area contributed by atoms with Crippen LogP contribution in [0, 0.1) is 0 Å². The molecule has 0 spiro atoms. The van der Waals surface area contributed by atoms with Crippen LogP contribution in [0.15, 0.2) is 71.6 Å². The van der Waals surface area contributed by atoms with Crippen molar-refractivity contribution in [1.29, 1.82) is 0 Å². The van der Waals surface area contributed by atoms with E-state index in [1.54, 1.807) is 24.3 Å². The second-order valence-corrected chi connectivity index (χ2v) is 9.37. The smallest absolute Gasteiger partial charge is 0.337 e. The predicted octanol–water partition coefficient (Wildman–Crippen LogP) is 3.98. The van der Waals surface area contributed by atoms with E-state index in [0.29, 0.717) is 5.75 Å². The summed E-state index contributed by atoms with van der Waals surface area (Å²) in [4.78, 5) is 24.9. The normalized spacial score (nSPS) is 10.9. The van der Waals surface area contributed by atoms with Gasteiger partial charge in [-0.15, -0.1) is 0 Å². The van der Waals surface area contributed by atoms with E-state index in [-0.39, 0.29) is 32.6 Å². The second kappa shape index (κ2) is 11.1. The Bertz CT molecular complexity index is 1330. The molecule has 0 saturated heterocycles. The summed E-state index contributed by atoms with van der Waals surface area (Å²) in [6, 6.07) is 16.5. The molecule has 0 aliphatic carbocycles. The third kappa shape index (κ3) is 5.84. The molecule has 9 nitrogen and oxygen atoms in total. The molecule has 0 radical (unpaired) electrons. The number of benzene rings is 3. The number of ether oxygens (including phenoxy) is 3. The van der Waals surface area contributed by atoms with Gasteiger partial charge in [0.2, 0.25) is 5.91 Å². The highest BCUT2D eigenvalue weighted by Gasteiger charge is 2.30. The quantitative estimate of drug-likeness (QED) is 0.426. The third-order valence-electron chi connectivity index (χ3n) is 4.93. The molecule has 0 heterocycles. The summed E-state index contributed by atoms with van der Waals surface area (Å²) in [6.07, 6.45) is 0. The minimum atomic E-state index is -4.20. The highest BCUT2D eigenvalue weighted by Crippen LogP contribution is 2.35. The van der Waals surface area contributed by atoms with Gasteiger partial charge in [0.15, 0.2) is 0 Å². The molecule has 0 bridgehead atoms. The molecular formula is C24H23ClN2O7S. The van der Waals surface area contributed by atoms with Crippen LogP contribution in [0.25, 0.3) is 0 Å². The van der Waals surface area contributed by atoms with Crippen LogP contribution in [0.3, 0.4) is 0 Å². The van der Waals surface area contributed by atoms with Gasteiger partial charge in [-0.3, -0.25) is 9.10 Å². The maximum atomic E-state index is 13.6. The minimum absolute atomic E-state index is 0.0246. The van der Waals surface area contributed by atoms with E-state index in [2.05, 4.69) is 5.32 Å². The summed E-state index contributed by atoms with van der Waals surface area (Å²) in [5.41, 5.74) is 0.380. The van der Waals surface area contributed by atoms with Crippen LogP contribution in [-0.4, -0.2) is 48.2 Å². The molecular weight excluding hydrogens is 496 g/mol. The number of sulfonamides is 1. The van der Waals surface area contributed by atoms with Crippen molar-refractivity contribution in [2.24, 2.45) is 0 Å². The molecule has 0 aliphatic rings. The fourth-order valence-electron chi connectivity index (χ4n) is 3.20. The van der Waals surface area contributed by atoms with Crippen molar-refractivity contribution in [3.8, 4) is 11.5 Å². The first-order valence-electron chi connectivity index (χ1n) is 10.2. The van der Waals surface area contributed by atoms with Crippen LogP contribution in [0.1, 0.15) is 10.4 Å². The lowest BCUT2D eigenvalue weighted by Crippen LogP contribution is -2.38. The fraction of sp³-hybridized carbons (Fsp3) is 0.167. The molecule has 1 amide bonds. The Morgan fingerprint density at radius 2 is 1.66 bits per heavy atom. The van der Waals surface area contributed by atoms with Gasteiger partial charge >= 0.3 is 5.97 Å². The number of carbonyl (C=O) groups is 2. The van der Waals surface area contributed by atoms with E-state index < -0.39 is 28.4 Å². The number of anilines is 2. The van der Waals surface area contributed by atoms with Crippen molar-refractivity contribution < 1.29 is 32.2 Å². The Kier molecular flexibility index (Phi) is 8.21. The van der Waals surface area contributed by atoms with Crippen molar-refractivity contribution in [3.63, 3.8) is 0 Å². The van der Waals surface area contributed by atoms with Crippen molar-refractivity contribution in [2.45, 2.75) is 4.90 Å². The molecule has 11 heteroatoms. The zero-order chi connectivity index (χ0) is 25.6. The van der Waals surface area contributed by atoms with Gasteiger partial charge < -0.3 is 19.5 Å². The number of hydrogen-bond acceptors (Lipinski definition) is 7. The van der Waals surface area contributed by atoms with Crippen LogP contribution < -0.4 is 19.1 Å². The number of methoxy groups -OCH3 is 3. The number of nitrogens with zero attached hydrogens (tertiary/aromatic N) is 1. The lowest BCUT2D eigenvalue weighted by atomic mass is 10.2. The first-order valence-corrected chi connectivity index (χ1v) is 12.0. The van der Waals surface area contributed by atoms with E-state index >= 15 is 0 Å². The topological polar surface area (TPSA) is 111 Å².